The van der Waals surface area contributed by atoms with Crippen molar-refractivity contribution in [2.75, 3.05) is 13.1 Å². The first-order chi connectivity index (χ1) is 6.77. The number of nitrogens with one attached hydrogen (secondary N) is 1. The summed E-state index contributed by atoms with van der Waals surface area (Å²) in [5.74, 6) is 0.617. The number of primary amides is 1. The third kappa shape index (κ3) is 1.77. The van der Waals surface area contributed by atoms with Crippen molar-refractivity contribution in [3.05, 3.63) is 17.5 Å². The van der Waals surface area contributed by atoms with Gasteiger partial charge in [-0.25, -0.2) is 0 Å². The predicted octanol–water partition coefficient (Wildman–Crippen LogP) is 0.240. The molecule has 1 fully saturated rings. The second-order valence-electron chi connectivity index (χ2n) is 3.50. The van der Waals surface area contributed by atoms with E-state index in [4.69, 9.17) is 10.3 Å². The fourth-order valence-corrected chi connectivity index (χ4v) is 1.70. The zero-order valence-corrected chi connectivity index (χ0v) is 7.82. The zero-order valence-electron chi connectivity index (χ0n) is 7.82. The van der Waals surface area contributed by atoms with Gasteiger partial charge < -0.3 is 15.6 Å². The zero-order chi connectivity index (χ0) is 9.97. The molecule has 0 saturated carbocycles. The summed E-state index contributed by atoms with van der Waals surface area (Å²) in [6.45, 7) is 1.97. The standard InChI is InChI=1S/C9H13N3O2/c10-9(13)7-5-8(14-12-7)6-1-3-11-4-2-6/h5-6,11H,1-4H2,(H2,10,13). The Labute approximate surface area is 81.6 Å². The summed E-state index contributed by atoms with van der Waals surface area (Å²) in [4.78, 5) is 10.8. The summed E-state index contributed by atoms with van der Waals surface area (Å²) in [5.41, 5.74) is 5.30. The van der Waals surface area contributed by atoms with Crippen molar-refractivity contribution >= 4 is 5.91 Å². The molecule has 1 aliphatic rings. The van der Waals surface area contributed by atoms with E-state index >= 15 is 0 Å². The van der Waals surface area contributed by atoms with Crippen molar-refractivity contribution < 1.29 is 9.32 Å². The second-order valence-corrected chi connectivity index (χ2v) is 3.50. The number of carbonyl (C=O) groups is 1. The lowest BCUT2D eigenvalue weighted by molar-refractivity contribution is 0.0991. The molecule has 2 rings (SSSR count). The molecule has 2 heterocycles. The van der Waals surface area contributed by atoms with Crippen LogP contribution in [0.25, 0.3) is 0 Å². The van der Waals surface area contributed by atoms with E-state index in [1.54, 1.807) is 6.07 Å². The minimum atomic E-state index is -0.533. The first-order valence-electron chi connectivity index (χ1n) is 4.74. The smallest absolute Gasteiger partial charge is 0.270 e. The normalized spacial score (nSPS) is 18.3. The minimum Gasteiger partial charge on any atom is -0.364 e. The van der Waals surface area contributed by atoms with E-state index in [0.717, 1.165) is 31.7 Å². The molecule has 14 heavy (non-hydrogen) atoms. The Morgan fingerprint density at radius 1 is 1.57 bits per heavy atom. The van der Waals surface area contributed by atoms with Gasteiger partial charge in [0.1, 0.15) is 5.76 Å². The van der Waals surface area contributed by atoms with Gasteiger partial charge in [-0.1, -0.05) is 5.16 Å². The van der Waals surface area contributed by atoms with Gasteiger partial charge in [-0.15, -0.1) is 0 Å². The molecule has 0 aliphatic carbocycles. The summed E-state index contributed by atoms with van der Waals surface area (Å²) >= 11 is 0. The van der Waals surface area contributed by atoms with Crippen LogP contribution in [0.4, 0.5) is 0 Å². The highest BCUT2D eigenvalue weighted by Gasteiger charge is 2.20. The van der Waals surface area contributed by atoms with Crippen LogP contribution in [0.2, 0.25) is 0 Å². The van der Waals surface area contributed by atoms with E-state index < -0.39 is 5.91 Å². The van der Waals surface area contributed by atoms with Gasteiger partial charge in [0, 0.05) is 12.0 Å². The molecule has 1 amide bonds. The molecule has 0 unspecified atom stereocenters. The molecule has 5 heteroatoms. The highest BCUT2D eigenvalue weighted by Crippen LogP contribution is 2.25. The van der Waals surface area contributed by atoms with Crippen LogP contribution in [-0.4, -0.2) is 24.2 Å². The molecule has 1 saturated heterocycles. The van der Waals surface area contributed by atoms with Crippen LogP contribution in [0.15, 0.2) is 10.6 Å². The van der Waals surface area contributed by atoms with E-state index in [2.05, 4.69) is 10.5 Å². The summed E-state index contributed by atoms with van der Waals surface area (Å²) in [6, 6.07) is 1.65. The fraction of sp³-hybridized carbons (Fsp3) is 0.556. The predicted molar refractivity (Wildman–Crippen MR) is 49.9 cm³/mol. The molecule has 0 atom stereocenters. The molecule has 1 aromatic rings. The quantitative estimate of drug-likeness (QED) is 0.708. The lowest BCUT2D eigenvalue weighted by Gasteiger charge is -2.19. The maximum absolute atomic E-state index is 10.8. The van der Waals surface area contributed by atoms with Crippen molar-refractivity contribution in [3.63, 3.8) is 0 Å². The van der Waals surface area contributed by atoms with Gasteiger partial charge in [0.25, 0.3) is 5.91 Å². The molecule has 0 spiro atoms. The van der Waals surface area contributed by atoms with Crippen LogP contribution in [0.1, 0.15) is 35.0 Å². The molecule has 1 aliphatic heterocycles. The highest BCUT2D eigenvalue weighted by atomic mass is 16.5. The molecular formula is C9H13N3O2. The Balaban J connectivity index is 2.11. The number of nitrogens with two attached hydrogens (primary N) is 1. The molecule has 76 valence electrons. The number of rotatable bonds is 2. The van der Waals surface area contributed by atoms with E-state index in [1.807, 2.05) is 0 Å². The fourth-order valence-electron chi connectivity index (χ4n) is 1.70. The Hall–Kier alpha value is -1.36. The van der Waals surface area contributed by atoms with Gasteiger partial charge in [-0.05, 0) is 25.9 Å². The average molecular weight is 195 g/mol. The number of aromatic nitrogens is 1. The van der Waals surface area contributed by atoms with Crippen LogP contribution >= 0.6 is 0 Å². The van der Waals surface area contributed by atoms with E-state index in [1.165, 1.54) is 0 Å². The molecule has 5 nitrogen and oxygen atoms in total. The SMILES string of the molecule is NC(=O)c1cc(C2CCNCC2)on1. The van der Waals surface area contributed by atoms with E-state index in [0.29, 0.717) is 5.92 Å². The Bertz CT molecular complexity index is 329. The summed E-state index contributed by atoms with van der Waals surface area (Å²) in [7, 11) is 0. The third-order valence-corrected chi connectivity index (χ3v) is 2.52. The first kappa shape index (κ1) is 9.21. The van der Waals surface area contributed by atoms with E-state index in [9.17, 15) is 4.79 Å². The monoisotopic (exact) mass is 195 g/mol. The van der Waals surface area contributed by atoms with Gasteiger partial charge in [-0.2, -0.15) is 0 Å². The van der Waals surface area contributed by atoms with Gasteiger partial charge in [0.05, 0.1) is 0 Å². The Morgan fingerprint density at radius 2 is 2.29 bits per heavy atom. The summed E-state index contributed by atoms with van der Waals surface area (Å²) in [6.07, 6.45) is 2.04. The lowest BCUT2D eigenvalue weighted by atomic mass is 9.95. The van der Waals surface area contributed by atoms with Crippen LogP contribution in [0.5, 0.6) is 0 Å². The van der Waals surface area contributed by atoms with Crippen molar-refractivity contribution in [2.24, 2.45) is 5.73 Å². The number of piperidine rings is 1. The Morgan fingerprint density at radius 3 is 2.86 bits per heavy atom. The van der Waals surface area contributed by atoms with Gasteiger partial charge in [0.2, 0.25) is 0 Å². The number of nitrogens with zero attached hydrogens (tertiary/aromatic N) is 1. The maximum atomic E-state index is 10.8. The molecule has 0 radical (unpaired) electrons. The van der Waals surface area contributed by atoms with Gasteiger partial charge in [-0.3, -0.25) is 4.79 Å². The number of hydrogen-bond acceptors (Lipinski definition) is 4. The maximum Gasteiger partial charge on any atom is 0.270 e. The minimum absolute atomic E-state index is 0.221. The molecule has 1 aromatic heterocycles. The van der Waals surface area contributed by atoms with Crippen LogP contribution in [0, 0.1) is 0 Å². The molecule has 3 N–H and O–H groups in total. The number of carbonyl (C=O) groups excluding carboxylic acids is 1. The van der Waals surface area contributed by atoms with Gasteiger partial charge in [0.15, 0.2) is 5.69 Å². The number of amides is 1. The topological polar surface area (TPSA) is 81.2 Å². The third-order valence-electron chi connectivity index (χ3n) is 2.52. The Kier molecular flexibility index (Phi) is 2.49. The number of hydrogen-bond donors (Lipinski definition) is 2. The van der Waals surface area contributed by atoms with E-state index in [-0.39, 0.29) is 5.69 Å². The molecular weight excluding hydrogens is 182 g/mol. The second kappa shape index (κ2) is 3.79. The van der Waals surface area contributed by atoms with Crippen LogP contribution in [-0.2, 0) is 0 Å². The first-order valence-corrected chi connectivity index (χ1v) is 4.74. The average Bonchev–Trinajstić information content (AvgIpc) is 2.68. The van der Waals surface area contributed by atoms with Gasteiger partial charge >= 0.3 is 0 Å². The molecule has 0 aromatic carbocycles. The van der Waals surface area contributed by atoms with Crippen molar-refractivity contribution in [3.8, 4) is 0 Å². The van der Waals surface area contributed by atoms with Crippen LogP contribution in [0.3, 0.4) is 0 Å². The van der Waals surface area contributed by atoms with Crippen molar-refractivity contribution in [1.82, 2.24) is 10.5 Å². The highest BCUT2D eigenvalue weighted by molar-refractivity contribution is 5.90. The lowest BCUT2D eigenvalue weighted by Crippen LogP contribution is -2.26. The largest absolute Gasteiger partial charge is 0.364 e. The molecule has 0 bridgehead atoms. The van der Waals surface area contributed by atoms with Crippen LogP contribution < -0.4 is 11.1 Å². The van der Waals surface area contributed by atoms with Crippen molar-refractivity contribution in [2.45, 2.75) is 18.8 Å². The van der Waals surface area contributed by atoms with Crippen molar-refractivity contribution in [1.29, 1.82) is 0 Å². The summed E-state index contributed by atoms with van der Waals surface area (Å²) < 4.78 is 5.09. The summed E-state index contributed by atoms with van der Waals surface area (Å²) in [5, 5.41) is 6.88.